The highest BCUT2D eigenvalue weighted by molar-refractivity contribution is 5.85. The lowest BCUT2D eigenvalue weighted by molar-refractivity contribution is -0.137. The van der Waals surface area contributed by atoms with Crippen LogP contribution >= 0.6 is 12.4 Å². The molecule has 0 spiro atoms. The second-order valence-electron chi connectivity index (χ2n) is 4.16. The number of nitrogens with one attached hydrogen (secondary N) is 1. The number of piperidine rings is 1. The fraction of sp³-hybridized carbons (Fsp3) is 0.500. The Hall–Kier alpha value is -0.740. The van der Waals surface area contributed by atoms with Gasteiger partial charge in [0.2, 0.25) is 0 Å². The van der Waals surface area contributed by atoms with Crippen molar-refractivity contribution in [2.75, 3.05) is 13.1 Å². The van der Waals surface area contributed by atoms with Crippen LogP contribution in [0.5, 0.6) is 0 Å². The number of hydrogen-bond acceptors (Lipinski definition) is 1. The molecular formula is C12H15ClF3N. The number of benzene rings is 1. The van der Waals surface area contributed by atoms with Crippen LogP contribution in [-0.2, 0) is 6.18 Å². The van der Waals surface area contributed by atoms with Crippen molar-refractivity contribution in [3.05, 3.63) is 35.4 Å². The molecule has 1 nitrogen and oxygen atoms in total. The molecule has 2 rings (SSSR count). The zero-order valence-electron chi connectivity index (χ0n) is 9.26. The van der Waals surface area contributed by atoms with Gasteiger partial charge in [-0.1, -0.05) is 12.1 Å². The first-order valence-corrected chi connectivity index (χ1v) is 5.45. The second-order valence-corrected chi connectivity index (χ2v) is 4.16. The summed E-state index contributed by atoms with van der Waals surface area (Å²) < 4.78 is 37.0. The van der Waals surface area contributed by atoms with Gasteiger partial charge in [0.25, 0.3) is 0 Å². The highest BCUT2D eigenvalue weighted by Gasteiger charge is 2.30. The smallest absolute Gasteiger partial charge is 0.316 e. The van der Waals surface area contributed by atoms with Crippen molar-refractivity contribution in [2.45, 2.75) is 24.9 Å². The molecule has 1 aliphatic rings. The van der Waals surface area contributed by atoms with E-state index in [0.29, 0.717) is 5.92 Å². The van der Waals surface area contributed by atoms with Crippen LogP contribution in [0, 0.1) is 0 Å². The summed E-state index contributed by atoms with van der Waals surface area (Å²) in [6.07, 6.45) is -2.09. The van der Waals surface area contributed by atoms with Gasteiger partial charge in [0, 0.05) is 6.54 Å². The molecule has 1 N–H and O–H groups in total. The molecule has 1 fully saturated rings. The van der Waals surface area contributed by atoms with E-state index in [0.717, 1.165) is 31.5 Å². The summed E-state index contributed by atoms with van der Waals surface area (Å²) in [5, 5.41) is 3.26. The summed E-state index contributed by atoms with van der Waals surface area (Å²) in [6, 6.07) is 5.54. The summed E-state index contributed by atoms with van der Waals surface area (Å²) in [7, 11) is 0. The lowest BCUT2D eigenvalue weighted by atomic mass is 9.91. The van der Waals surface area contributed by atoms with E-state index in [-0.39, 0.29) is 12.4 Å². The highest BCUT2D eigenvalue weighted by Crippen LogP contribution is 2.31. The average Bonchev–Trinajstić information content (AvgIpc) is 2.29. The molecule has 1 aliphatic heterocycles. The maximum atomic E-state index is 12.3. The van der Waals surface area contributed by atoms with Crippen LogP contribution < -0.4 is 5.32 Å². The standard InChI is InChI=1S/C12H14F3N.ClH/c13-12(14,15)11-5-3-9(4-6-11)10-2-1-7-16-8-10;/h3-6,10,16H,1-2,7-8H2;1H/t10-;/m0./s1. The Morgan fingerprint density at radius 1 is 1.12 bits per heavy atom. The van der Waals surface area contributed by atoms with Crippen LogP contribution in [0.2, 0.25) is 0 Å². The molecule has 5 heteroatoms. The van der Waals surface area contributed by atoms with Crippen LogP contribution in [0.25, 0.3) is 0 Å². The molecule has 1 heterocycles. The van der Waals surface area contributed by atoms with E-state index in [1.54, 1.807) is 12.1 Å². The minimum absolute atomic E-state index is 0. The maximum absolute atomic E-state index is 12.3. The molecule has 1 atom stereocenters. The molecule has 1 aromatic carbocycles. The van der Waals surface area contributed by atoms with Crippen molar-refractivity contribution in [3.8, 4) is 0 Å². The molecule has 0 radical (unpaired) electrons. The van der Waals surface area contributed by atoms with Crippen LogP contribution in [0.15, 0.2) is 24.3 Å². The first-order valence-electron chi connectivity index (χ1n) is 5.45. The van der Waals surface area contributed by atoms with Crippen molar-refractivity contribution >= 4 is 12.4 Å². The number of alkyl halides is 3. The van der Waals surface area contributed by atoms with Gasteiger partial charge in [0.1, 0.15) is 0 Å². The van der Waals surface area contributed by atoms with E-state index < -0.39 is 11.7 Å². The van der Waals surface area contributed by atoms with E-state index in [1.807, 2.05) is 0 Å². The molecule has 17 heavy (non-hydrogen) atoms. The molecule has 0 amide bonds. The Kier molecular flexibility index (Phi) is 4.83. The SMILES string of the molecule is Cl.FC(F)(F)c1ccc([C@H]2CCCNC2)cc1. The molecule has 0 bridgehead atoms. The van der Waals surface area contributed by atoms with Crippen molar-refractivity contribution in [1.82, 2.24) is 5.32 Å². The van der Waals surface area contributed by atoms with E-state index in [2.05, 4.69) is 5.32 Å². The average molecular weight is 266 g/mol. The Balaban J connectivity index is 0.00000144. The molecule has 0 unspecified atom stereocenters. The second kappa shape index (κ2) is 5.74. The topological polar surface area (TPSA) is 12.0 Å². The van der Waals surface area contributed by atoms with Gasteiger partial charge in [-0.15, -0.1) is 12.4 Å². The number of rotatable bonds is 1. The monoisotopic (exact) mass is 265 g/mol. The van der Waals surface area contributed by atoms with Crippen molar-refractivity contribution in [1.29, 1.82) is 0 Å². The van der Waals surface area contributed by atoms with Crippen LogP contribution in [0.3, 0.4) is 0 Å². The fourth-order valence-electron chi connectivity index (χ4n) is 2.08. The summed E-state index contributed by atoms with van der Waals surface area (Å²) in [4.78, 5) is 0. The molecule has 0 aromatic heterocycles. The van der Waals surface area contributed by atoms with Gasteiger partial charge in [0.05, 0.1) is 5.56 Å². The first-order chi connectivity index (χ1) is 7.57. The zero-order valence-corrected chi connectivity index (χ0v) is 10.1. The third kappa shape index (κ3) is 3.61. The highest BCUT2D eigenvalue weighted by atomic mass is 35.5. The molecular weight excluding hydrogens is 251 g/mol. The van der Waals surface area contributed by atoms with E-state index in [1.165, 1.54) is 12.1 Å². The lowest BCUT2D eigenvalue weighted by Crippen LogP contribution is -2.28. The van der Waals surface area contributed by atoms with E-state index in [4.69, 9.17) is 0 Å². The van der Waals surface area contributed by atoms with Gasteiger partial charge < -0.3 is 5.32 Å². The quantitative estimate of drug-likeness (QED) is 0.818. The third-order valence-electron chi connectivity index (χ3n) is 3.01. The Morgan fingerprint density at radius 3 is 2.24 bits per heavy atom. The van der Waals surface area contributed by atoms with Crippen LogP contribution in [0.4, 0.5) is 13.2 Å². The van der Waals surface area contributed by atoms with Crippen molar-refractivity contribution in [2.24, 2.45) is 0 Å². The van der Waals surface area contributed by atoms with Crippen LogP contribution in [-0.4, -0.2) is 13.1 Å². The fourth-order valence-corrected chi connectivity index (χ4v) is 2.08. The van der Waals surface area contributed by atoms with Crippen molar-refractivity contribution < 1.29 is 13.2 Å². The molecule has 0 aliphatic carbocycles. The molecule has 96 valence electrons. The predicted molar refractivity (Wildman–Crippen MR) is 63.5 cm³/mol. The minimum atomic E-state index is -4.23. The lowest BCUT2D eigenvalue weighted by Gasteiger charge is -2.23. The van der Waals surface area contributed by atoms with Gasteiger partial charge in [0.15, 0.2) is 0 Å². The summed E-state index contributed by atoms with van der Waals surface area (Å²) in [5.41, 5.74) is 0.431. The Labute approximate surface area is 105 Å². The van der Waals surface area contributed by atoms with Crippen molar-refractivity contribution in [3.63, 3.8) is 0 Å². The van der Waals surface area contributed by atoms with E-state index >= 15 is 0 Å². The van der Waals surface area contributed by atoms with Gasteiger partial charge in [-0.25, -0.2) is 0 Å². The third-order valence-corrected chi connectivity index (χ3v) is 3.01. The van der Waals surface area contributed by atoms with Gasteiger partial charge in [-0.3, -0.25) is 0 Å². The zero-order chi connectivity index (χ0) is 11.6. The Bertz CT molecular complexity index is 342. The summed E-state index contributed by atoms with van der Waals surface area (Å²) in [6.45, 7) is 1.88. The summed E-state index contributed by atoms with van der Waals surface area (Å²) >= 11 is 0. The van der Waals surface area contributed by atoms with E-state index in [9.17, 15) is 13.2 Å². The largest absolute Gasteiger partial charge is 0.416 e. The molecule has 0 saturated carbocycles. The minimum Gasteiger partial charge on any atom is -0.316 e. The predicted octanol–water partition coefficient (Wildman–Crippen LogP) is 3.59. The number of hydrogen-bond donors (Lipinski definition) is 1. The van der Waals surface area contributed by atoms with Crippen LogP contribution in [0.1, 0.15) is 29.9 Å². The molecule has 1 saturated heterocycles. The molecule has 1 aromatic rings. The van der Waals surface area contributed by atoms with Gasteiger partial charge in [-0.2, -0.15) is 13.2 Å². The maximum Gasteiger partial charge on any atom is 0.416 e. The van der Waals surface area contributed by atoms with Gasteiger partial charge >= 0.3 is 6.18 Å². The van der Waals surface area contributed by atoms with Gasteiger partial charge in [-0.05, 0) is 43.0 Å². The Morgan fingerprint density at radius 2 is 1.76 bits per heavy atom. The first kappa shape index (κ1) is 14.3. The number of halogens is 4. The normalized spacial score (nSPS) is 20.8. The summed E-state index contributed by atoms with van der Waals surface area (Å²) in [5.74, 6) is 0.357.